The number of fused-ring (bicyclic) bond motifs is 1. The Hall–Kier alpha value is -1.90. The van der Waals surface area contributed by atoms with Crippen molar-refractivity contribution in [1.82, 2.24) is 0 Å². The van der Waals surface area contributed by atoms with Crippen LogP contribution in [0.15, 0.2) is 36.4 Å². The van der Waals surface area contributed by atoms with Crippen molar-refractivity contribution in [2.75, 3.05) is 6.61 Å². The zero-order valence-corrected chi connectivity index (χ0v) is 13.0. The van der Waals surface area contributed by atoms with Gasteiger partial charge in [-0.05, 0) is 37.3 Å². The minimum atomic E-state index is -0.382. The fourth-order valence-electron chi connectivity index (χ4n) is 4.05. The molecule has 2 aliphatic rings. The van der Waals surface area contributed by atoms with E-state index >= 15 is 0 Å². The molecular formula is C19H22O3. The van der Waals surface area contributed by atoms with E-state index in [1.807, 2.05) is 37.3 Å². The molecule has 0 bridgehead atoms. The van der Waals surface area contributed by atoms with Crippen LogP contribution in [0, 0.1) is 5.92 Å². The van der Waals surface area contributed by atoms with Gasteiger partial charge in [-0.2, -0.15) is 0 Å². The topological polar surface area (TPSA) is 43.4 Å². The van der Waals surface area contributed by atoms with Crippen molar-refractivity contribution < 1.29 is 14.3 Å². The minimum absolute atomic E-state index is 0.0353. The number of hydrogen-bond donors (Lipinski definition) is 0. The third-order valence-electron chi connectivity index (χ3n) is 5.05. The molecule has 1 aromatic rings. The lowest BCUT2D eigenvalue weighted by atomic mass is 9.63. The molecule has 2 aliphatic carbocycles. The highest BCUT2D eigenvalue weighted by molar-refractivity contribution is 6.07. The lowest BCUT2D eigenvalue weighted by Gasteiger charge is -2.39. The van der Waals surface area contributed by atoms with E-state index in [0.29, 0.717) is 18.9 Å². The maximum absolute atomic E-state index is 12.2. The number of esters is 1. The van der Waals surface area contributed by atoms with Gasteiger partial charge in [0.1, 0.15) is 0 Å². The van der Waals surface area contributed by atoms with E-state index in [-0.39, 0.29) is 17.2 Å². The Balaban J connectivity index is 2.07. The van der Waals surface area contributed by atoms with Crippen molar-refractivity contribution in [2.45, 2.75) is 44.4 Å². The first-order valence-electron chi connectivity index (χ1n) is 8.16. The molecular weight excluding hydrogens is 276 g/mol. The molecule has 1 aromatic carbocycles. The van der Waals surface area contributed by atoms with E-state index in [4.69, 9.17) is 4.74 Å². The van der Waals surface area contributed by atoms with E-state index in [0.717, 1.165) is 24.0 Å². The van der Waals surface area contributed by atoms with Crippen LogP contribution in [0.3, 0.4) is 0 Å². The average Bonchev–Trinajstić information content (AvgIpc) is 3.06. The first kappa shape index (κ1) is 15.0. The lowest BCUT2D eigenvalue weighted by Crippen LogP contribution is -2.38. The number of benzene rings is 1. The number of carbonyl (C=O) groups is 2. The first-order chi connectivity index (χ1) is 10.7. The maximum Gasteiger partial charge on any atom is 0.307 e. The Kier molecular flexibility index (Phi) is 4.14. The predicted octanol–water partition coefficient (Wildman–Crippen LogP) is 3.82. The zero-order valence-electron chi connectivity index (χ0n) is 13.0. The first-order valence-corrected chi connectivity index (χ1v) is 8.16. The smallest absolute Gasteiger partial charge is 0.307 e. The van der Waals surface area contributed by atoms with E-state index in [9.17, 15) is 9.59 Å². The Bertz CT molecular complexity index is 611. The molecule has 0 aliphatic heterocycles. The van der Waals surface area contributed by atoms with Crippen LogP contribution in [0.4, 0.5) is 0 Å². The summed E-state index contributed by atoms with van der Waals surface area (Å²) in [7, 11) is 0. The van der Waals surface area contributed by atoms with Crippen molar-refractivity contribution in [2.24, 2.45) is 5.92 Å². The highest BCUT2D eigenvalue weighted by Gasteiger charge is 2.45. The monoisotopic (exact) mass is 298 g/mol. The van der Waals surface area contributed by atoms with Gasteiger partial charge in [0.2, 0.25) is 0 Å². The molecule has 3 rings (SSSR count). The summed E-state index contributed by atoms with van der Waals surface area (Å²) in [6.07, 6.45) is 8.55. The largest absolute Gasteiger partial charge is 0.466 e. The van der Waals surface area contributed by atoms with Gasteiger partial charge in [0.25, 0.3) is 0 Å². The van der Waals surface area contributed by atoms with Crippen LogP contribution in [-0.2, 0) is 14.9 Å². The van der Waals surface area contributed by atoms with Crippen LogP contribution in [0.5, 0.6) is 0 Å². The van der Waals surface area contributed by atoms with E-state index < -0.39 is 0 Å². The number of hydrogen-bond acceptors (Lipinski definition) is 3. The maximum atomic E-state index is 12.2. The molecule has 1 saturated carbocycles. The van der Waals surface area contributed by atoms with Gasteiger partial charge < -0.3 is 4.74 Å². The molecule has 0 saturated heterocycles. The summed E-state index contributed by atoms with van der Waals surface area (Å²) < 4.78 is 5.21. The number of ketones is 1. The third-order valence-corrected chi connectivity index (χ3v) is 5.05. The van der Waals surface area contributed by atoms with Gasteiger partial charge in [0, 0.05) is 11.0 Å². The van der Waals surface area contributed by atoms with E-state index in [2.05, 4.69) is 0 Å². The molecule has 0 radical (unpaired) electrons. The quantitative estimate of drug-likeness (QED) is 0.794. The Morgan fingerprint density at radius 3 is 2.73 bits per heavy atom. The van der Waals surface area contributed by atoms with Gasteiger partial charge in [0.15, 0.2) is 5.78 Å². The Morgan fingerprint density at radius 2 is 2.00 bits per heavy atom. The number of rotatable bonds is 4. The lowest BCUT2D eigenvalue weighted by molar-refractivity contribution is -0.144. The summed E-state index contributed by atoms with van der Waals surface area (Å²) in [6, 6.07) is 7.73. The average molecular weight is 298 g/mol. The molecule has 0 unspecified atom stereocenters. The van der Waals surface area contributed by atoms with Crippen molar-refractivity contribution in [3.8, 4) is 0 Å². The van der Waals surface area contributed by atoms with Gasteiger partial charge in [0.05, 0.1) is 13.0 Å². The SMILES string of the molecule is CCOC(=O)C[C@]1(C2CCCC2)C=CC(=O)c2ccccc21. The van der Waals surface area contributed by atoms with E-state index in [1.54, 1.807) is 6.08 Å². The van der Waals surface area contributed by atoms with Crippen LogP contribution in [0.2, 0.25) is 0 Å². The molecule has 0 heterocycles. The van der Waals surface area contributed by atoms with Gasteiger partial charge in [-0.25, -0.2) is 0 Å². The van der Waals surface area contributed by atoms with Gasteiger partial charge >= 0.3 is 5.97 Å². The summed E-state index contributed by atoms with van der Waals surface area (Å²) in [5.74, 6) is 0.263. The van der Waals surface area contributed by atoms with Crippen molar-refractivity contribution >= 4 is 11.8 Å². The fraction of sp³-hybridized carbons (Fsp3) is 0.474. The van der Waals surface area contributed by atoms with Crippen LogP contribution in [-0.4, -0.2) is 18.4 Å². The molecule has 22 heavy (non-hydrogen) atoms. The van der Waals surface area contributed by atoms with Crippen molar-refractivity contribution in [3.05, 3.63) is 47.5 Å². The Labute approximate surface area is 131 Å². The summed E-state index contributed by atoms with van der Waals surface area (Å²) in [5.41, 5.74) is 1.36. The second-order valence-corrected chi connectivity index (χ2v) is 6.25. The zero-order chi connectivity index (χ0) is 15.6. The highest BCUT2D eigenvalue weighted by atomic mass is 16.5. The number of allylic oxidation sites excluding steroid dienone is 2. The highest BCUT2D eigenvalue weighted by Crippen LogP contribution is 2.48. The van der Waals surface area contributed by atoms with Crippen molar-refractivity contribution in [1.29, 1.82) is 0 Å². The standard InChI is InChI=1S/C19H22O3/c1-2-22-18(21)13-19(14-7-3-4-8-14)12-11-17(20)15-9-5-6-10-16(15)19/h5-6,9-12,14H,2-4,7-8,13H2,1H3/t19-/m0/s1. The normalized spacial score (nSPS) is 24.3. The second kappa shape index (κ2) is 6.07. The summed E-state index contributed by atoms with van der Waals surface area (Å²) in [6.45, 7) is 2.22. The summed E-state index contributed by atoms with van der Waals surface area (Å²) in [4.78, 5) is 24.4. The number of ether oxygens (including phenoxy) is 1. The summed E-state index contributed by atoms with van der Waals surface area (Å²) in [5, 5.41) is 0. The molecule has 0 aromatic heterocycles. The Morgan fingerprint density at radius 1 is 1.27 bits per heavy atom. The van der Waals surface area contributed by atoms with Crippen LogP contribution >= 0.6 is 0 Å². The minimum Gasteiger partial charge on any atom is -0.466 e. The molecule has 0 spiro atoms. The van der Waals surface area contributed by atoms with E-state index in [1.165, 1.54) is 12.8 Å². The van der Waals surface area contributed by atoms with Gasteiger partial charge in [-0.15, -0.1) is 0 Å². The molecule has 0 N–H and O–H groups in total. The van der Waals surface area contributed by atoms with Crippen LogP contribution in [0.25, 0.3) is 0 Å². The van der Waals surface area contributed by atoms with Crippen molar-refractivity contribution in [3.63, 3.8) is 0 Å². The van der Waals surface area contributed by atoms with Crippen LogP contribution in [0.1, 0.15) is 54.9 Å². The molecule has 3 heteroatoms. The van der Waals surface area contributed by atoms with Gasteiger partial charge in [-0.1, -0.05) is 43.2 Å². The second-order valence-electron chi connectivity index (χ2n) is 6.25. The summed E-state index contributed by atoms with van der Waals surface area (Å²) >= 11 is 0. The molecule has 1 atom stereocenters. The number of carbonyl (C=O) groups excluding carboxylic acids is 2. The molecule has 0 amide bonds. The predicted molar refractivity (Wildman–Crippen MR) is 84.8 cm³/mol. The van der Waals surface area contributed by atoms with Crippen LogP contribution < -0.4 is 0 Å². The fourth-order valence-corrected chi connectivity index (χ4v) is 4.05. The molecule has 1 fully saturated rings. The molecule has 3 nitrogen and oxygen atoms in total. The van der Waals surface area contributed by atoms with Gasteiger partial charge in [-0.3, -0.25) is 9.59 Å². The molecule has 116 valence electrons. The third kappa shape index (κ3) is 2.49.